The zero-order valence-electron chi connectivity index (χ0n) is 13.3. The Balaban J connectivity index is 1.68. The van der Waals surface area contributed by atoms with Crippen LogP contribution < -0.4 is 19.7 Å². The van der Waals surface area contributed by atoms with Crippen LogP contribution in [0.15, 0.2) is 48.5 Å². The van der Waals surface area contributed by atoms with Gasteiger partial charge in [-0.1, -0.05) is 24.3 Å². The molecule has 25 heavy (non-hydrogen) atoms. The molecule has 7 nitrogen and oxygen atoms in total. The molecule has 0 bridgehead atoms. The predicted molar refractivity (Wildman–Crippen MR) is 83.4 cm³/mol. The standard InChI is InChI=1S/C18H18O7/c19-17(20)13-5-1-3-7-15(13)24-11-9-23-10-12-25-16-8-4-2-6-14(16)18(21)22/h1-8H,9-12H2,(H,19,20)(H,21,22)/p-2. The van der Waals surface area contributed by atoms with Crippen molar-refractivity contribution < 1.29 is 34.0 Å². The van der Waals surface area contributed by atoms with Crippen molar-refractivity contribution in [3.8, 4) is 11.5 Å². The van der Waals surface area contributed by atoms with E-state index >= 15 is 0 Å². The fourth-order valence-electron chi connectivity index (χ4n) is 2.05. The highest BCUT2D eigenvalue weighted by Gasteiger charge is 2.04. The normalized spacial score (nSPS) is 10.2. The smallest absolute Gasteiger partial charge is 0.128 e. The molecule has 2 aromatic rings. The molecular formula is C18H16O7-2. The van der Waals surface area contributed by atoms with Crippen molar-refractivity contribution in [1.82, 2.24) is 0 Å². The van der Waals surface area contributed by atoms with E-state index in [9.17, 15) is 19.8 Å². The molecule has 0 radical (unpaired) electrons. The van der Waals surface area contributed by atoms with Gasteiger partial charge in [-0.15, -0.1) is 0 Å². The largest absolute Gasteiger partial charge is 0.545 e. The van der Waals surface area contributed by atoms with Crippen molar-refractivity contribution in [2.75, 3.05) is 26.4 Å². The molecule has 132 valence electrons. The highest BCUT2D eigenvalue weighted by molar-refractivity contribution is 5.89. The Kier molecular flexibility index (Phi) is 6.79. The van der Waals surface area contributed by atoms with Crippen LogP contribution in [-0.2, 0) is 4.74 Å². The first-order valence-corrected chi connectivity index (χ1v) is 7.53. The quantitative estimate of drug-likeness (QED) is 0.553. The summed E-state index contributed by atoms with van der Waals surface area (Å²) in [5, 5.41) is 21.8. The Bertz CT molecular complexity index is 665. The third-order valence-electron chi connectivity index (χ3n) is 3.18. The molecule has 2 aromatic carbocycles. The van der Waals surface area contributed by atoms with Crippen LogP contribution in [0.4, 0.5) is 0 Å². The Morgan fingerprint density at radius 1 is 0.680 bits per heavy atom. The van der Waals surface area contributed by atoms with Gasteiger partial charge in [0.05, 0.1) is 25.2 Å². The molecule has 0 aliphatic carbocycles. The lowest BCUT2D eigenvalue weighted by molar-refractivity contribution is -0.256. The molecular weight excluding hydrogens is 328 g/mol. The maximum atomic E-state index is 10.9. The zero-order chi connectivity index (χ0) is 18.1. The number of hydrogen-bond donors (Lipinski definition) is 0. The SMILES string of the molecule is O=C([O-])c1ccccc1OCCOCCOc1ccccc1C(=O)[O-]. The van der Waals surface area contributed by atoms with Crippen molar-refractivity contribution in [2.24, 2.45) is 0 Å². The van der Waals surface area contributed by atoms with Gasteiger partial charge < -0.3 is 34.0 Å². The minimum atomic E-state index is -1.31. The van der Waals surface area contributed by atoms with Crippen LogP contribution in [0.25, 0.3) is 0 Å². The fraction of sp³-hybridized carbons (Fsp3) is 0.222. The summed E-state index contributed by atoms with van der Waals surface area (Å²) in [6.45, 7) is 0.736. The van der Waals surface area contributed by atoms with E-state index in [2.05, 4.69) is 0 Å². The summed E-state index contributed by atoms with van der Waals surface area (Å²) in [5.41, 5.74) is -0.0468. The number of carboxylic acid groups (broad SMARTS) is 2. The minimum Gasteiger partial charge on any atom is -0.545 e. The first-order valence-electron chi connectivity index (χ1n) is 7.53. The van der Waals surface area contributed by atoms with Gasteiger partial charge in [0.2, 0.25) is 0 Å². The second-order valence-electron chi connectivity index (χ2n) is 4.88. The topological polar surface area (TPSA) is 108 Å². The summed E-state index contributed by atoms with van der Waals surface area (Å²) in [7, 11) is 0. The molecule has 2 rings (SSSR count). The Morgan fingerprint density at radius 2 is 1.08 bits per heavy atom. The third-order valence-corrected chi connectivity index (χ3v) is 3.18. The second-order valence-corrected chi connectivity index (χ2v) is 4.88. The number of rotatable bonds is 10. The highest BCUT2D eigenvalue weighted by atomic mass is 16.5. The highest BCUT2D eigenvalue weighted by Crippen LogP contribution is 2.17. The Morgan fingerprint density at radius 3 is 1.48 bits per heavy atom. The lowest BCUT2D eigenvalue weighted by Gasteiger charge is -2.13. The number of carbonyl (C=O) groups is 2. The van der Waals surface area contributed by atoms with Crippen LogP contribution in [0.3, 0.4) is 0 Å². The minimum absolute atomic E-state index is 0.0234. The number of carboxylic acids is 2. The molecule has 0 saturated heterocycles. The summed E-state index contributed by atoms with van der Waals surface area (Å²) < 4.78 is 16.0. The van der Waals surface area contributed by atoms with Gasteiger partial charge in [-0.05, 0) is 24.3 Å². The third kappa shape index (κ3) is 5.50. The molecule has 7 heteroatoms. The van der Waals surface area contributed by atoms with Crippen molar-refractivity contribution in [1.29, 1.82) is 0 Å². The Hall–Kier alpha value is -3.06. The van der Waals surface area contributed by atoms with Crippen LogP contribution in [0.2, 0.25) is 0 Å². The molecule has 0 amide bonds. The summed E-state index contributed by atoms with van der Waals surface area (Å²) in [4.78, 5) is 21.8. The van der Waals surface area contributed by atoms with Crippen LogP contribution >= 0.6 is 0 Å². The number of benzene rings is 2. The number of aromatic carboxylic acids is 2. The van der Waals surface area contributed by atoms with Crippen molar-refractivity contribution in [2.45, 2.75) is 0 Å². The van der Waals surface area contributed by atoms with Crippen molar-refractivity contribution >= 4 is 11.9 Å². The van der Waals surface area contributed by atoms with Crippen LogP contribution in [0.1, 0.15) is 20.7 Å². The van der Waals surface area contributed by atoms with E-state index in [4.69, 9.17) is 14.2 Å². The molecule has 0 aliphatic heterocycles. The van der Waals surface area contributed by atoms with E-state index in [1.165, 1.54) is 24.3 Å². The maximum Gasteiger partial charge on any atom is 0.128 e. The first kappa shape index (κ1) is 18.3. The summed E-state index contributed by atoms with van der Waals surface area (Å²) in [6, 6.07) is 12.3. The lowest BCUT2D eigenvalue weighted by Crippen LogP contribution is -2.23. The zero-order valence-corrected chi connectivity index (χ0v) is 13.3. The summed E-state index contributed by atoms with van der Waals surface area (Å²) >= 11 is 0. The number of ether oxygens (including phenoxy) is 3. The fourth-order valence-corrected chi connectivity index (χ4v) is 2.05. The number of hydrogen-bond acceptors (Lipinski definition) is 7. The van der Waals surface area contributed by atoms with E-state index in [0.29, 0.717) is 0 Å². The number of carbonyl (C=O) groups excluding carboxylic acids is 2. The summed E-state index contributed by atoms with van der Waals surface area (Å²) in [6.07, 6.45) is 0. The van der Waals surface area contributed by atoms with Gasteiger partial charge in [0.1, 0.15) is 24.7 Å². The second kappa shape index (κ2) is 9.29. The van der Waals surface area contributed by atoms with Gasteiger partial charge in [0, 0.05) is 11.1 Å². The van der Waals surface area contributed by atoms with Gasteiger partial charge in [0.15, 0.2) is 0 Å². The van der Waals surface area contributed by atoms with Crippen molar-refractivity contribution in [3.05, 3.63) is 59.7 Å². The van der Waals surface area contributed by atoms with Gasteiger partial charge in [-0.3, -0.25) is 0 Å². The van der Waals surface area contributed by atoms with Gasteiger partial charge >= 0.3 is 0 Å². The molecule has 0 aromatic heterocycles. The van der Waals surface area contributed by atoms with E-state index in [-0.39, 0.29) is 49.1 Å². The lowest BCUT2D eigenvalue weighted by atomic mass is 10.2. The molecule has 0 spiro atoms. The average Bonchev–Trinajstić information content (AvgIpc) is 2.61. The first-order chi connectivity index (χ1) is 12.1. The molecule has 0 saturated carbocycles. The van der Waals surface area contributed by atoms with Crippen LogP contribution in [0, 0.1) is 0 Å². The molecule has 0 heterocycles. The van der Waals surface area contributed by atoms with Crippen LogP contribution in [0.5, 0.6) is 11.5 Å². The molecule has 0 unspecified atom stereocenters. The van der Waals surface area contributed by atoms with Gasteiger partial charge in [0.25, 0.3) is 0 Å². The van der Waals surface area contributed by atoms with Gasteiger partial charge in [-0.25, -0.2) is 0 Å². The Labute approximate surface area is 144 Å². The number of para-hydroxylation sites is 2. The molecule has 0 aliphatic rings. The van der Waals surface area contributed by atoms with Crippen molar-refractivity contribution in [3.63, 3.8) is 0 Å². The van der Waals surface area contributed by atoms with Crippen LogP contribution in [-0.4, -0.2) is 38.4 Å². The van der Waals surface area contributed by atoms with E-state index in [1.54, 1.807) is 24.3 Å². The van der Waals surface area contributed by atoms with E-state index in [0.717, 1.165) is 0 Å². The van der Waals surface area contributed by atoms with E-state index in [1.807, 2.05) is 0 Å². The van der Waals surface area contributed by atoms with Gasteiger partial charge in [-0.2, -0.15) is 0 Å². The molecule has 0 atom stereocenters. The average molecular weight is 344 g/mol. The summed E-state index contributed by atoms with van der Waals surface area (Å²) in [5.74, 6) is -2.19. The van der Waals surface area contributed by atoms with E-state index < -0.39 is 11.9 Å². The molecule has 0 fully saturated rings. The molecule has 0 N–H and O–H groups in total. The predicted octanol–water partition coefficient (Wildman–Crippen LogP) is -0.112. The maximum absolute atomic E-state index is 10.9. The monoisotopic (exact) mass is 344 g/mol.